The Morgan fingerprint density at radius 3 is 2.59 bits per heavy atom. The molecule has 1 heterocycles. The number of aliphatic hydroxyl groups is 1. The number of rotatable bonds is 2. The van der Waals surface area contributed by atoms with Crippen LogP contribution in [0, 0.1) is 18.8 Å². The second kappa shape index (κ2) is 6.43. The molecular weight excluding hydrogens is 296 g/mol. The fraction of sp³-hybridized carbons (Fsp3) is 0.278. The Hall–Kier alpha value is -1.96. The van der Waals surface area contributed by atoms with Gasteiger partial charge in [-0.2, -0.15) is 0 Å². The van der Waals surface area contributed by atoms with Crippen LogP contribution in [-0.4, -0.2) is 17.0 Å². The van der Waals surface area contributed by atoms with E-state index in [0.29, 0.717) is 5.56 Å². The summed E-state index contributed by atoms with van der Waals surface area (Å²) in [6.45, 7) is 5.23. The zero-order valence-corrected chi connectivity index (χ0v) is 13.9. The average molecular weight is 314 g/mol. The van der Waals surface area contributed by atoms with Gasteiger partial charge in [-0.05, 0) is 62.4 Å². The first-order valence-corrected chi connectivity index (χ1v) is 8.06. The zero-order valence-electron chi connectivity index (χ0n) is 13.1. The quantitative estimate of drug-likeness (QED) is 0.681. The zero-order chi connectivity index (χ0) is 16.3. The third kappa shape index (κ3) is 3.82. The highest BCUT2D eigenvalue weighted by molar-refractivity contribution is 7.98. The van der Waals surface area contributed by atoms with Gasteiger partial charge in [-0.15, -0.1) is 11.8 Å². The predicted octanol–water partition coefficient (Wildman–Crippen LogP) is 3.46. The van der Waals surface area contributed by atoms with Crippen LogP contribution in [0.25, 0.3) is 11.1 Å². The predicted molar refractivity (Wildman–Crippen MR) is 90.1 cm³/mol. The largest absolute Gasteiger partial charge is 0.431 e. The molecule has 1 N–H and O–H groups in total. The highest BCUT2D eigenvalue weighted by Gasteiger charge is 2.12. The first kappa shape index (κ1) is 16.4. The van der Waals surface area contributed by atoms with Crippen LogP contribution in [0.15, 0.2) is 44.6 Å². The molecule has 0 spiro atoms. The molecule has 0 amide bonds. The van der Waals surface area contributed by atoms with E-state index in [0.717, 1.165) is 21.6 Å². The topological polar surface area (TPSA) is 50.4 Å². The molecule has 1 aromatic carbocycles. The molecule has 22 heavy (non-hydrogen) atoms. The lowest BCUT2D eigenvalue weighted by Crippen LogP contribution is -2.14. The van der Waals surface area contributed by atoms with Gasteiger partial charge < -0.3 is 9.52 Å². The minimum absolute atomic E-state index is 0.371. The van der Waals surface area contributed by atoms with Gasteiger partial charge in [0.15, 0.2) is 0 Å². The van der Waals surface area contributed by atoms with Crippen LogP contribution >= 0.6 is 11.8 Å². The van der Waals surface area contributed by atoms with Gasteiger partial charge in [0.05, 0.1) is 11.8 Å². The Balaban J connectivity index is 2.65. The highest BCUT2D eigenvalue weighted by Crippen LogP contribution is 2.29. The first-order valence-electron chi connectivity index (χ1n) is 6.84. The molecule has 2 aromatic rings. The highest BCUT2D eigenvalue weighted by atomic mass is 32.2. The van der Waals surface area contributed by atoms with E-state index in [1.54, 1.807) is 37.7 Å². The van der Waals surface area contributed by atoms with Crippen molar-refractivity contribution in [2.75, 3.05) is 6.26 Å². The van der Waals surface area contributed by atoms with E-state index in [2.05, 4.69) is 11.8 Å². The number of hydrogen-bond donors (Lipinski definition) is 1. The third-order valence-electron chi connectivity index (χ3n) is 3.08. The van der Waals surface area contributed by atoms with Gasteiger partial charge >= 0.3 is 5.63 Å². The van der Waals surface area contributed by atoms with Gasteiger partial charge in [-0.25, -0.2) is 4.79 Å². The van der Waals surface area contributed by atoms with Crippen LogP contribution in [0.2, 0.25) is 0 Å². The van der Waals surface area contributed by atoms with Crippen molar-refractivity contribution in [2.24, 2.45) is 0 Å². The molecular formula is C18H18O3S. The molecule has 0 atom stereocenters. The van der Waals surface area contributed by atoms with Gasteiger partial charge in [0.25, 0.3) is 0 Å². The van der Waals surface area contributed by atoms with Crippen LogP contribution < -0.4 is 5.63 Å². The summed E-state index contributed by atoms with van der Waals surface area (Å²) >= 11 is 1.58. The molecule has 0 bridgehead atoms. The fourth-order valence-electron chi connectivity index (χ4n) is 2.03. The minimum atomic E-state index is -1.06. The van der Waals surface area contributed by atoms with E-state index in [1.165, 1.54) is 6.26 Å². The normalized spacial score (nSPS) is 11.0. The molecule has 3 nitrogen and oxygen atoms in total. The summed E-state index contributed by atoms with van der Waals surface area (Å²) in [4.78, 5) is 12.9. The summed E-state index contributed by atoms with van der Waals surface area (Å²) in [5, 5.41) is 9.78. The van der Waals surface area contributed by atoms with Crippen molar-refractivity contribution in [1.82, 2.24) is 0 Å². The van der Waals surface area contributed by atoms with E-state index in [9.17, 15) is 9.90 Å². The first-order chi connectivity index (χ1) is 10.3. The molecule has 0 aliphatic heterocycles. The van der Waals surface area contributed by atoms with Gasteiger partial charge in [0.2, 0.25) is 0 Å². The van der Waals surface area contributed by atoms with Gasteiger partial charge in [-0.1, -0.05) is 11.8 Å². The number of aryl methyl sites for hydroxylation is 1. The maximum Gasteiger partial charge on any atom is 0.343 e. The smallest absolute Gasteiger partial charge is 0.343 e. The van der Waals surface area contributed by atoms with Crippen molar-refractivity contribution in [3.8, 4) is 23.0 Å². The van der Waals surface area contributed by atoms with Crippen molar-refractivity contribution in [2.45, 2.75) is 31.3 Å². The Bertz CT molecular complexity index is 802. The standard InChI is InChI=1S/C18H18O3S/c1-12-10-16(22-4)13(7-8-18(2,3)20)11-15(12)14-6-5-9-21-17(14)19/h5-6,9-11,20H,1-4H3. The molecule has 0 aliphatic carbocycles. The summed E-state index contributed by atoms with van der Waals surface area (Å²) in [5.74, 6) is 5.82. The summed E-state index contributed by atoms with van der Waals surface area (Å²) in [6.07, 6.45) is 3.34. The van der Waals surface area contributed by atoms with Crippen LogP contribution in [0.1, 0.15) is 25.0 Å². The molecule has 2 rings (SSSR count). The Morgan fingerprint density at radius 2 is 2.00 bits per heavy atom. The van der Waals surface area contributed by atoms with Crippen molar-refractivity contribution >= 4 is 11.8 Å². The van der Waals surface area contributed by atoms with Crippen LogP contribution in [0.3, 0.4) is 0 Å². The molecule has 0 saturated carbocycles. The van der Waals surface area contributed by atoms with Crippen molar-refractivity contribution in [3.63, 3.8) is 0 Å². The SMILES string of the molecule is CSc1cc(C)c(-c2cccoc2=O)cc1C#CC(C)(C)O. The lowest BCUT2D eigenvalue weighted by molar-refractivity contribution is 0.143. The average Bonchev–Trinajstić information content (AvgIpc) is 2.45. The molecule has 0 aliphatic rings. The third-order valence-corrected chi connectivity index (χ3v) is 3.85. The maximum atomic E-state index is 11.9. The molecule has 0 fully saturated rings. The lowest BCUT2D eigenvalue weighted by atomic mass is 9.99. The fourth-order valence-corrected chi connectivity index (χ4v) is 2.65. The molecule has 0 radical (unpaired) electrons. The second-order valence-electron chi connectivity index (χ2n) is 5.49. The lowest BCUT2D eigenvalue weighted by Gasteiger charge is -2.10. The molecule has 0 unspecified atom stereocenters. The number of benzene rings is 1. The number of thioether (sulfide) groups is 1. The Morgan fingerprint density at radius 1 is 1.27 bits per heavy atom. The summed E-state index contributed by atoms with van der Waals surface area (Å²) in [5.41, 5.74) is 1.65. The monoisotopic (exact) mass is 314 g/mol. The maximum absolute atomic E-state index is 11.9. The van der Waals surface area contributed by atoms with E-state index in [4.69, 9.17) is 4.42 Å². The molecule has 1 aromatic heterocycles. The number of hydrogen-bond acceptors (Lipinski definition) is 4. The van der Waals surface area contributed by atoms with E-state index < -0.39 is 5.60 Å². The molecule has 114 valence electrons. The Kier molecular flexibility index (Phi) is 4.80. The van der Waals surface area contributed by atoms with E-state index >= 15 is 0 Å². The molecule has 4 heteroatoms. The van der Waals surface area contributed by atoms with Crippen LogP contribution in [0.4, 0.5) is 0 Å². The van der Waals surface area contributed by atoms with Gasteiger partial charge in [0, 0.05) is 10.5 Å². The minimum Gasteiger partial charge on any atom is -0.431 e. The Labute approximate surface area is 134 Å². The molecule has 0 saturated heterocycles. The summed E-state index contributed by atoms with van der Waals surface area (Å²) in [7, 11) is 0. The summed E-state index contributed by atoms with van der Waals surface area (Å²) in [6, 6.07) is 7.31. The van der Waals surface area contributed by atoms with Crippen molar-refractivity contribution in [3.05, 3.63) is 52.1 Å². The van der Waals surface area contributed by atoms with E-state index in [-0.39, 0.29) is 5.63 Å². The van der Waals surface area contributed by atoms with Crippen molar-refractivity contribution < 1.29 is 9.52 Å². The van der Waals surface area contributed by atoms with Crippen LogP contribution in [-0.2, 0) is 0 Å². The van der Waals surface area contributed by atoms with Crippen LogP contribution in [0.5, 0.6) is 0 Å². The van der Waals surface area contributed by atoms with Gasteiger partial charge in [0.1, 0.15) is 5.60 Å². The second-order valence-corrected chi connectivity index (χ2v) is 6.34. The van der Waals surface area contributed by atoms with E-state index in [1.807, 2.05) is 25.3 Å². The summed E-state index contributed by atoms with van der Waals surface area (Å²) < 4.78 is 4.94. The van der Waals surface area contributed by atoms with Gasteiger partial charge in [-0.3, -0.25) is 0 Å². The van der Waals surface area contributed by atoms with Crippen molar-refractivity contribution in [1.29, 1.82) is 0 Å².